The number of hydrogen-bond acceptors (Lipinski definition) is 6. The lowest BCUT2D eigenvalue weighted by atomic mass is 9.98. The summed E-state index contributed by atoms with van der Waals surface area (Å²) in [4.78, 5) is 17.1. The molecule has 27 heavy (non-hydrogen) atoms. The molecular weight excluding hydrogens is 362 g/mol. The maximum absolute atomic E-state index is 10.7. The van der Waals surface area contributed by atoms with Crippen molar-refractivity contribution in [2.45, 2.75) is 6.92 Å². The zero-order valence-corrected chi connectivity index (χ0v) is 15.9. The first-order chi connectivity index (χ1) is 12.9. The number of rotatable bonds is 4. The smallest absolute Gasteiger partial charge is 0.449 e. The molecule has 2 aromatic carbocycles. The standard InChI is InChI=1S/C20H17N3O3S/c1-12-19(26-20(24)25)27-18(22-12)14-6-9-17(15(10-14)11-21)13-4-7-16(8-5-13)23(2)3/h4-10H,1-3H3,(H,24,25). The van der Waals surface area contributed by atoms with E-state index in [0.29, 0.717) is 16.3 Å². The summed E-state index contributed by atoms with van der Waals surface area (Å²) < 4.78 is 4.73. The third-order valence-electron chi connectivity index (χ3n) is 4.02. The Balaban J connectivity index is 1.98. The summed E-state index contributed by atoms with van der Waals surface area (Å²) in [6.07, 6.45) is -1.37. The second-order valence-electron chi connectivity index (χ2n) is 6.07. The highest BCUT2D eigenvalue weighted by Crippen LogP contribution is 2.36. The van der Waals surface area contributed by atoms with Gasteiger partial charge >= 0.3 is 6.16 Å². The van der Waals surface area contributed by atoms with Crippen LogP contribution in [-0.2, 0) is 0 Å². The van der Waals surface area contributed by atoms with Gasteiger partial charge < -0.3 is 14.7 Å². The van der Waals surface area contributed by atoms with Gasteiger partial charge in [-0.05, 0) is 36.2 Å². The molecule has 1 aromatic heterocycles. The number of ether oxygens (including phenoxy) is 1. The summed E-state index contributed by atoms with van der Waals surface area (Å²) >= 11 is 1.14. The molecule has 7 heteroatoms. The van der Waals surface area contributed by atoms with Crippen molar-refractivity contribution in [3.05, 3.63) is 53.7 Å². The predicted octanol–water partition coefficient (Wildman–Crippen LogP) is 4.78. The van der Waals surface area contributed by atoms with Crippen molar-refractivity contribution in [3.63, 3.8) is 0 Å². The third kappa shape index (κ3) is 3.91. The maximum Gasteiger partial charge on any atom is 0.512 e. The Morgan fingerprint density at radius 3 is 2.44 bits per heavy atom. The zero-order chi connectivity index (χ0) is 19.6. The van der Waals surface area contributed by atoms with Crippen LogP contribution in [0.15, 0.2) is 42.5 Å². The van der Waals surface area contributed by atoms with E-state index < -0.39 is 6.16 Å². The molecule has 1 heterocycles. The molecule has 0 unspecified atom stereocenters. The van der Waals surface area contributed by atoms with E-state index in [4.69, 9.17) is 9.84 Å². The highest BCUT2D eigenvalue weighted by Gasteiger charge is 2.15. The van der Waals surface area contributed by atoms with Crippen molar-refractivity contribution in [2.24, 2.45) is 0 Å². The first-order valence-electron chi connectivity index (χ1n) is 8.09. The molecule has 0 bridgehead atoms. The molecule has 0 atom stereocenters. The van der Waals surface area contributed by atoms with E-state index in [-0.39, 0.29) is 5.06 Å². The Labute approximate surface area is 160 Å². The summed E-state index contributed by atoms with van der Waals surface area (Å²) in [5.74, 6) is 0. The van der Waals surface area contributed by atoms with E-state index in [0.717, 1.165) is 33.7 Å². The van der Waals surface area contributed by atoms with Crippen molar-refractivity contribution >= 4 is 23.2 Å². The third-order valence-corrected chi connectivity index (χ3v) is 5.10. The summed E-state index contributed by atoms with van der Waals surface area (Å²) in [5.41, 5.74) is 4.64. The Hall–Kier alpha value is -3.37. The highest BCUT2D eigenvalue weighted by atomic mass is 32.1. The quantitative estimate of drug-likeness (QED) is 0.657. The normalized spacial score (nSPS) is 10.3. The van der Waals surface area contributed by atoms with Crippen LogP contribution < -0.4 is 9.64 Å². The van der Waals surface area contributed by atoms with E-state index in [1.54, 1.807) is 13.0 Å². The van der Waals surface area contributed by atoms with Gasteiger partial charge in [0.15, 0.2) is 0 Å². The Bertz CT molecular complexity index is 1030. The van der Waals surface area contributed by atoms with Gasteiger partial charge in [0, 0.05) is 25.3 Å². The molecule has 0 amide bonds. The first kappa shape index (κ1) is 18.4. The fourth-order valence-corrected chi connectivity index (χ4v) is 3.55. The van der Waals surface area contributed by atoms with Crippen LogP contribution in [0.25, 0.3) is 21.7 Å². The Morgan fingerprint density at radius 2 is 1.85 bits per heavy atom. The molecule has 1 N–H and O–H groups in total. The van der Waals surface area contributed by atoms with Gasteiger partial charge in [-0.15, -0.1) is 0 Å². The van der Waals surface area contributed by atoms with E-state index in [9.17, 15) is 10.1 Å². The van der Waals surface area contributed by atoms with Crippen LogP contribution >= 0.6 is 11.3 Å². The fourth-order valence-electron chi connectivity index (χ4n) is 2.64. The molecule has 6 nitrogen and oxygen atoms in total. The van der Waals surface area contributed by atoms with Crippen molar-refractivity contribution in [1.29, 1.82) is 5.26 Å². The number of aromatic nitrogens is 1. The molecule has 0 spiro atoms. The number of aryl methyl sites for hydroxylation is 1. The lowest BCUT2D eigenvalue weighted by Gasteiger charge is -2.13. The molecule has 0 radical (unpaired) electrons. The molecule has 0 aliphatic carbocycles. The maximum atomic E-state index is 10.7. The van der Waals surface area contributed by atoms with E-state index >= 15 is 0 Å². The number of thiazole rings is 1. The van der Waals surface area contributed by atoms with Gasteiger partial charge in [-0.2, -0.15) is 5.26 Å². The van der Waals surface area contributed by atoms with E-state index in [1.165, 1.54) is 0 Å². The van der Waals surface area contributed by atoms with E-state index in [2.05, 4.69) is 11.1 Å². The van der Waals surface area contributed by atoms with Crippen LogP contribution in [0.3, 0.4) is 0 Å². The molecule has 136 valence electrons. The van der Waals surface area contributed by atoms with Crippen LogP contribution in [0.2, 0.25) is 0 Å². The number of carboxylic acid groups (broad SMARTS) is 1. The number of nitriles is 1. The van der Waals surface area contributed by atoms with Crippen molar-refractivity contribution in [2.75, 3.05) is 19.0 Å². The summed E-state index contributed by atoms with van der Waals surface area (Å²) in [6.45, 7) is 1.68. The predicted molar refractivity (Wildman–Crippen MR) is 105 cm³/mol. The number of anilines is 1. The minimum absolute atomic E-state index is 0.236. The summed E-state index contributed by atoms with van der Waals surface area (Å²) in [6, 6.07) is 15.7. The summed E-state index contributed by atoms with van der Waals surface area (Å²) in [7, 11) is 3.95. The van der Waals surface area contributed by atoms with Crippen LogP contribution in [0.4, 0.5) is 10.5 Å². The number of hydrogen-bond donors (Lipinski definition) is 1. The van der Waals surface area contributed by atoms with Gasteiger partial charge in [0.2, 0.25) is 5.06 Å². The van der Waals surface area contributed by atoms with Crippen LogP contribution in [0.1, 0.15) is 11.3 Å². The number of benzene rings is 2. The topological polar surface area (TPSA) is 86.5 Å². The van der Waals surface area contributed by atoms with Crippen molar-refractivity contribution in [3.8, 4) is 32.8 Å². The molecule has 0 fully saturated rings. The second kappa shape index (κ2) is 7.48. The minimum atomic E-state index is -1.37. The minimum Gasteiger partial charge on any atom is -0.449 e. The Morgan fingerprint density at radius 1 is 1.19 bits per heavy atom. The largest absolute Gasteiger partial charge is 0.512 e. The molecule has 3 rings (SSSR count). The fraction of sp³-hybridized carbons (Fsp3) is 0.150. The van der Waals surface area contributed by atoms with Gasteiger partial charge in [-0.1, -0.05) is 35.6 Å². The Kier molecular flexibility index (Phi) is 5.10. The average molecular weight is 379 g/mol. The molecule has 0 saturated carbocycles. The molecule has 0 aliphatic heterocycles. The zero-order valence-electron chi connectivity index (χ0n) is 15.1. The van der Waals surface area contributed by atoms with E-state index in [1.807, 2.05) is 55.4 Å². The van der Waals surface area contributed by atoms with Crippen molar-refractivity contribution < 1.29 is 14.6 Å². The number of carbonyl (C=O) groups is 1. The van der Waals surface area contributed by atoms with Gasteiger partial charge in [0.1, 0.15) is 5.01 Å². The monoisotopic (exact) mass is 379 g/mol. The van der Waals surface area contributed by atoms with Gasteiger partial charge in [-0.3, -0.25) is 0 Å². The SMILES string of the molecule is Cc1nc(-c2ccc(-c3ccc(N(C)C)cc3)c(C#N)c2)sc1OC(=O)O. The molecule has 0 aliphatic rings. The molecule has 3 aromatic rings. The van der Waals surface area contributed by atoms with Gasteiger partial charge in [0.05, 0.1) is 17.3 Å². The first-order valence-corrected chi connectivity index (χ1v) is 8.91. The lowest BCUT2D eigenvalue weighted by Crippen LogP contribution is -2.07. The van der Waals surface area contributed by atoms with Crippen molar-refractivity contribution in [1.82, 2.24) is 4.98 Å². The van der Waals surface area contributed by atoms with Gasteiger partial charge in [-0.25, -0.2) is 9.78 Å². The van der Waals surface area contributed by atoms with Crippen LogP contribution in [0, 0.1) is 18.3 Å². The van der Waals surface area contributed by atoms with Crippen LogP contribution in [0.5, 0.6) is 5.06 Å². The highest BCUT2D eigenvalue weighted by molar-refractivity contribution is 7.17. The summed E-state index contributed by atoms with van der Waals surface area (Å²) in [5, 5.41) is 19.2. The lowest BCUT2D eigenvalue weighted by molar-refractivity contribution is 0.145. The van der Waals surface area contributed by atoms with Crippen LogP contribution in [-0.4, -0.2) is 30.3 Å². The molecule has 0 saturated heterocycles. The average Bonchev–Trinajstić information content (AvgIpc) is 3.01. The van der Waals surface area contributed by atoms with Gasteiger partial charge in [0.25, 0.3) is 0 Å². The number of nitrogens with zero attached hydrogens (tertiary/aromatic N) is 3. The molecular formula is C20H17N3O3S. The second-order valence-corrected chi connectivity index (χ2v) is 7.03.